The van der Waals surface area contributed by atoms with Crippen molar-refractivity contribution in [2.45, 2.75) is 40.0 Å². The Balaban J connectivity index is 2.22. The Morgan fingerprint density at radius 3 is 2.61 bits per heavy atom. The lowest BCUT2D eigenvalue weighted by Crippen LogP contribution is -2.47. The van der Waals surface area contributed by atoms with E-state index in [2.05, 4.69) is 29.1 Å². The number of nitrogens with zero attached hydrogens (tertiary/aromatic N) is 2. The number of ether oxygens (including phenoxy) is 2. The van der Waals surface area contributed by atoms with Gasteiger partial charge < -0.3 is 19.7 Å². The van der Waals surface area contributed by atoms with Crippen LogP contribution in [0.15, 0.2) is 4.99 Å². The first-order valence-electron chi connectivity index (χ1n) is 8.78. The van der Waals surface area contributed by atoms with Gasteiger partial charge in [0, 0.05) is 39.9 Å². The van der Waals surface area contributed by atoms with Crippen LogP contribution in [0.2, 0.25) is 0 Å². The lowest BCUT2D eigenvalue weighted by atomic mass is 9.97. The minimum absolute atomic E-state index is 0.0359. The molecule has 0 aromatic carbocycles. The summed E-state index contributed by atoms with van der Waals surface area (Å²) in [4.78, 5) is 18.3. The highest BCUT2D eigenvalue weighted by Gasteiger charge is 2.27. The maximum Gasteiger partial charge on any atom is 0.309 e. The molecule has 0 radical (unpaired) electrons. The number of rotatable bonds is 8. The Morgan fingerprint density at radius 2 is 2.04 bits per heavy atom. The molecule has 6 nitrogen and oxygen atoms in total. The van der Waals surface area contributed by atoms with E-state index < -0.39 is 0 Å². The SMILES string of the molecule is CCOC(=O)C1CCN(C(=NC)NCCCOCC(C)C)CC1. The van der Waals surface area contributed by atoms with Gasteiger partial charge in [-0.15, -0.1) is 0 Å². The number of esters is 1. The number of carbonyl (C=O) groups excluding carboxylic acids is 1. The van der Waals surface area contributed by atoms with Crippen LogP contribution in [0.25, 0.3) is 0 Å². The molecule has 1 fully saturated rings. The molecule has 0 amide bonds. The zero-order valence-corrected chi connectivity index (χ0v) is 15.1. The van der Waals surface area contributed by atoms with Crippen molar-refractivity contribution in [2.24, 2.45) is 16.8 Å². The predicted octanol–water partition coefficient (Wildman–Crippen LogP) is 1.90. The smallest absolute Gasteiger partial charge is 0.309 e. The van der Waals surface area contributed by atoms with Crippen molar-refractivity contribution in [2.75, 3.05) is 46.5 Å². The third kappa shape index (κ3) is 7.68. The third-order valence-corrected chi connectivity index (χ3v) is 3.83. The average molecular weight is 327 g/mol. The fraction of sp³-hybridized carbons (Fsp3) is 0.882. The number of guanidine groups is 1. The molecule has 1 aliphatic rings. The first kappa shape index (κ1) is 19.7. The molecule has 134 valence electrons. The first-order chi connectivity index (χ1) is 11.1. The molecule has 0 unspecified atom stereocenters. The number of hydrogen-bond donors (Lipinski definition) is 1. The number of aliphatic imine (C=N–C) groups is 1. The van der Waals surface area contributed by atoms with Crippen LogP contribution in [-0.4, -0.2) is 63.3 Å². The van der Waals surface area contributed by atoms with Crippen LogP contribution in [-0.2, 0) is 14.3 Å². The Hall–Kier alpha value is -1.30. The molecule has 0 spiro atoms. The van der Waals surface area contributed by atoms with Crippen LogP contribution < -0.4 is 5.32 Å². The quantitative estimate of drug-likeness (QED) is 0.319. The third-order valence-electron chi connectivity index (χ3n) is 3.83. The van der Waals surface area contributed by atoms with E-state index in [0.717, 1.165) is 58.1 Å². The summed E-state index contributed by atoms with van der Waals surface area (Å²) < 4.78 is 10.7. The Bertz CT molecular complexity index is 364. The summed E-state index contributed by atoms with van der Waals surface area (Å²) in [6, 6.07) is 0. The first-order valence-corrected chi connectivity index (χ1v) is 8.78. The predicted molar refractivity (Wildman–Crippen MR) is 92.6 cm³/mol. The molecule has 23 heavy (non-hydrogen) atoms. The van der Waals surface area contributed by atoms with Gasteiger partial charge in [-0.1, -0.05) is 13.8 Å². The fourth-order valence-corrected chi connectivity index (χ4v) is 2.61. The van der Waals surface area contributed by atoms with Gasteiger partial charge in [-0.25, -0.2) is 0 Å². The summed E-state index contributed by atoms with van der Waals surface area (Å²) in [5.41, 5.74) is 0. The van der Waals surface area contributed by atoms with Crippen LogP contribution in [0.1, 0.15) is 40.0 Å². The van der Waals surface area contributed by atoms with E-state index in [4.69, 9.17) is 9.47 Å². The van der Waals surface area contributed by atoms with E-state index in [1.165, 1.54) is 0 Å². The van der Waals surface area contributed by atoms with Crippen LogP contribution >= 0.6 is 0 Å². The van der Waals surface area contributed by atoms with Gasteiger partial charge in [-0.05, 0) is 32.1 Å². The maximum absolute atomic E-state index is 11.8. The number of nitrogens with one attached hydrogen (secondary N) is 1. The van der Waals surface area contributed by atoms with Crippen molar-refractivity contribution in [1.29, 1.82) is 0 Å². The Labute approximate surface area is 140 Å². The molecular weight excluding hydrogens is 294 g/mol. The molecule has 1 aliphatic heterocycles. The van der Waals surface area contributed by atoms with Gasteiger partial charge in [-0.2, -0.15) is 0 Å². The lowest BCUT2D eigenvalue weighted by Gasteiger charge is -2.33. The summed E-state index contributed by atoms with van der Waals surface area (Å²) in [5.74, 6) is 1.47. The van der Waals surface area contributed by atoms with Gasteiger partial charge >= 0.3 is 5.97 Å². The van der Waals surface area contributed by atoms with Gasteiger partial charge in [0.05, 0.1) is 12.5 Å². The largest absolute Gasteiger partial charge is 0.466 e. The molecule has 1 rings (SSSR count). The summed E-state index contributed by atoms with van der Waals surface area (Å²) in [6.07, 6.45) is 2.62. The number of piperidine rings is 1. The van der Waals surface area contributed by atoms with Gasteiger partial charge in [0.15, 0.2) is 5.96 Å². The summed E-state index contributed by atoms with van der Waals surface area (Å²) in [5, 5.41) is 3.38. The topological polar surface area (TPSA) is 63.2 Å². The second-order valence-electron chi connectivity index (χ2n) is 6.31. The van der Waals surface area contributed by atoms with E-state index >= 15 is 0 Å². The van der Waals surface area contributed by atoms with E-state index in [-0.39, 0.29) is 11.9 Å². The van der Waals surface area contributed by atoms with Gasteiger partial charge in [0.25, 0.3) is 0 Å². The summed E-state index contributed by atoms with van der Waals surface area (Å²) in [7, 11) is 1.80. The normalized spacial score (nSPS) is 16.7. The van der Waals surface area contributed by atoms with E-state index in [9.17, 15) is 4.79 Å². The second-order valence-corrected chi connectivity index (χ2v) is 6.31. The Morgan fingerprint density at radius 1 is 1.35 bits per heavy atom. The van der Waals surface area contributed by atoms with Crippen molar-refractivity contribution in [3.8, 4) is 0 Å². The molecule has 0 bridgehead atoms. The average Bonchev–Trinajstić information content (AvgIpc) is 2.54. The van der Waals surface area contributed by atoms with E-state index in [0.29, 0.717) is 12.5 Å². The maximum atomic E-state index is 11.8. The number of likely N-dealkylation sites (tertiary alicyclic amines) is 1. The molecule has 0 atom stereocenters. The minimum atomic E-state index is -0.0580. The lowest BCUT2D eigenvalue weighted by molar-refractivity contribution is -0.149. The highest BCUT2D eigenvalue weighted by molar-refractivity contribution is 5.80. The molecule has 0 aromatic heterocycles. The second kappa shape index (κ2) is 11.3. The molecule has 0 aliphatic carbocycles. The summed E-state index contributed by atoms with van der Waals surface area (Å²) >= 11 is 0. The van der Waals surface area contributed by atoms with Crippen molar-refractivity contribution < 1.29 is 14.3 Å². The minimum Gasteiger partial charge on any atom is -0.466 e. The van der Waals surface area contributed by atoms with Crippen molar-refractivity contribution in [1.82, 2.24) is 10.2 Å². The fourth-order valence-electron chi connectivity index (χ4n) is 2.61. The number of hydrogen-bond acceptors (Lipinski definition) is 4. The van der Waals surface area contributed by atoms with Crippen molar-refractivity contribution in [3.63, 3.8) is 0 Å². The van der Waals surface area contributed by atoms with E-state index in [1.54, 1.807) is 7.05 Å². The van der Waals surface area contributed by atoms with Crippen LogP contribution in [0.3, 0.4) is 0 Å². The molecule has 1 N–H and O–H groups in total. The monoisotopic (exact) mass is 327 g/mol. The molecule has 1 heterocycles. The molecule has 0 saturated carbocycles. The van der Waals surface area contributed by atoms with Crippen LogP contribution in [0.4, 0.5) is 0 Å². The highest BCUT2D eigenvalue weighted by atomic mass is 16.5. The van der Waals surface area contributed by atoms with Crippen LogP contribution in [0.5, 0.6) is 0 Å². The van der Waals surface area contributed by atoms with Crippen LogP contribution in [0, 0.1) is 11.8 Å². The van der Waals surface area contributed by atoms with Gasteiger partial charge in [0.1, 0.15) is 0 Å². The highest BCUT2D eigenvalue weighted by Crippen LogP contribution is 2.18. The molecular formula is C17H33N3O3. The molecule has 0 aromatic rings. The summed E-state index contributed by atoms with van der Waals surface area (Å²) in [6.45, 7) is 10.7. The Kier molecular flexibility index (Phi) is 9.67. The van der Waals surface area contributed by atoms with Crippen molar-refractivity contribution in [3.05, 3.63) is 0 Å². The van der Waals surface area contributed by atoms with Crippen molar-refractivity contribution >= 4 is 11.9 Å². The molecule has 6 heteroatoms. The zero-order chi connectivity index (χ0) is 17.1. The van der Waals surface area contributed by atoms with Gasteiger partial charge in [0.2, 0.25) is 0 Å². The van der Waals surface area contributed by atoms with Gasteiger partial charge in [-0.3, -0.25) is 9.79 Å². The molecule has 1 saturated heterocycles. The number of carbonyl (C=O) groups is 1. The zero-order valence-electron chi connectivity index (χ0n) is 15.1. The van der Waals surface area contributed by atoms with E-state index in [1.807, 2.05) is 6.92 Å². The standard InChI is InChI=1S/C17H33N3O3/c1-5-23-16(21)15-7-10-20(11-8-15)17(18-4)19-9-6-12-22-13-14(2)3/h14-15H,5-13H2,1-4H3,(H,18,19).